The Kier molecular flexibility index (Phi) is 6.87. The topological polar surface area (TPSA) is 26.0 Å². The summed E-state index contributed by atoms with van der Waals surface area (Å²) in [4.78, 5) is 0. The van der Waals surface area contributed by atoms with E-state index >= 15 is 0 Å². The van der Waals surface area contributed by atoms with E-state index in [-0.39, 0.29) is 11.9 Å². The molecule has 0 saturated heterocycles. The van der Waals surface area contributed by atoms with E-state index in [1.54, 1.807) is 0 Å². The highest BCUT2D eigenvalue weighted by atomic mass is 79.9. The van der Waals surface area contributed by atoms with Gasteiger partial charge in [-0.3, -0.25) is 0 Å². The highest BCUT2D eigenvalue weighted by Crippen LogP contribution is 2.24. The molecule has 0 aliphatic carbocycles. The van der Waals surface area contributed by atoms with E-state index in [0.29, 0.717) is 5.92 Å². The zero-order chi connectivity index (χ0) is 13.5. The summed E-state index contributed by atoms with van der Waals surface area (Å²) in [5.74, 6) is 0.356. The predicted molar refractivity (Wildman–Crippen MR) is 79.1 cm³/mol. The maximum atomic E-state index is 13.0. The Bertz CT molecular complexity index is 362. The van der Waals surface area contributed by atoms with Crippen LogP contribution in [0.15, 0.2) is 22.7 Å². The molecule has 0 radical (unpaired) electrons. The molecule has 1 nitrogen and oxygen atoms in total. The van der Waals surface area contributed by atoms with E-state index in [9.17, 15) is 4.39 Å². The lowest BCUT2D eigenvalue weighted by Crippen LogP contribution is -2.32. The van der Waals surface area contributed by atoms with Gasteiger partial charge in [0.25, 0.3) is 0 Å². The number of benzene rings is 1. The molecule has 0 aliphatic rings. The normalized spacial score (nSPS) is 13.0. The summed E-state index contributed by atoms with van der Waals surface area (Å²) in [6, 6.07) is 5.00. The summed E-state index contributed by atoms with van der Waals surface area (Å²) in [7, 11) is 0. The lowest BCUT2D eigenvalue weighted by Gasteiger charge is -2.23. The van der Waals surface area contributed by atoms with Crippen LogP contribution < -0.4 is 5.73 Å². The van der Waals surface area contributed by atoms with Gasteiger partial charge in [0.15, 0.2) is 0 Å². The van der Waals surface area contributed by atoms with Crippen molar-refractivity contribution in [3.8, 4) is 0 Å². The second-order valence-electron chi connectivity index (χ2n) is 4.94. The standard InChI is InChI=1S/C15H23BrFN/c1-3-5-11(6-4-2)15(18)9-12-7-8-13(17)10-14(12)16/h7-8,10-11,15H,3-6,9,18H2,1-2H3. The molecular formula is C15H23BrFN. The maximum absolute atomic E-state index is 13.0. The fraction of sp³-hybridized carbons (Fsp3) is 0.600. The Labute approximate surface area is 118 Å². The van der Waals surface area contributed by atoms with Crippen LogP contribution in [0.3, 0.4) is 0 Å². The van der Waals surface area contributed by atoms with Crippen molar-refractivity contribution in [2.45, 2.75) is 52.0 Å². The van der Waals surface area contributed by atoms with E-state index in [0.717, 1.165) is 16.5 Å². The summed E-state index contributed by atoms with van der Waals surface area (Å²) >= 11 is 3.41. The summed E-state index contributed by atoms with van der Waals surface area (Å²) in [5.41, 5.74) is 7.41. The van der Waals surface area contributed by atoms with E-state index in [2.05, 4.69) is 29.8 Å². The van der Waals surface area contributed by atoms with Gasteiger partial charge in [0, 0.05) is 10.5 Å². The molecule has 0 aliphatic heterocycles. The van der Waals surface area contributed by atoms with Crippen molar-refractivity contribution in [2.24, 2.45) is 11.7 Å². The molecular weight excluding hydrogens is 293 g/mol. The molecule has 0 heterocycles. The van der Waals surface area contributed by atoms with Gasteiger partial charge in [-0.05, 0) is 42.9 Å². The first-order valence-electron chi connectivity index (χ1n) is 6.78. The predicted octanol–water partition coefficient (Wildman–Crippen LogP) is 4.67. The van der Waals surface area contributed by atoms with Gasteiger partial charge in [0.1, 0.15) is 5.82 Å². The second kappa shape index (κ2) is 7.90. The molecule has 1 aromatic carbocycles. The van der Waals surface area contributed by atoms with Crippen molar-refractivity contribution >= 4 is 15.9 Å². The molecule has 0 amide bonds. The SMILES string of the molecule is CCCC(CCC)C(N)Cc1ccc(F)cc1Br. The number of hydrogen-bond donors (Lipinski definition) is 1. The molecule has 1 unspecified atom stereocenters. The van der Waals surface area contributed by atoms with Crippen LogP contribution in [0.1, 0.15) is 45.1 Å². The number of nitrogens with two attached hydrogens (primary N) is 1. The van der Waals surface area contributed by atoms with Gasteiger partial charge in [0.2, 0.25) is 0 Å². The summed E-state index contributed by atoms with van der Waals surface area (Å²) in [6.07, 6.45) is 5.50. The monoisotopic (exact) mass is 315 g/mol. The van der Waals surface area contributed by atoms with Crippen molar-refractivity contribution in [1.29, 1.82) is 0 Å². The van der Waals surface area contributed by atoms with Gasteiger partial charge in [-0.2, -0.15) is 0 Å². The van der Waals surface area contributed by atoms with E-state index in [1.165, 1.54) is 37.8 Å². The molecule has 102 valence electrons. The first-order chi connectivity index (χ1) is 8.58. The van der Waals surface area contributed by atoms with Crippen LogP contribution in [0, 0.1) is 11.7 Å². The van der Waals surface area contributed by atoms with Crippen molar-refractivity contribution in [3.05, 3.63) is 34.1 Å². The quantitative estimate of drug-likeness (QED) is 0.777. The smallest absolute Gasteiger partial charge is 0.124 e. The van der Waals surface area contributed by atoms with Crippen LogP contribution in [-0.4, -0.2) is 6.04 Å². The van der Waals surface area contributed by atoms with E-state index in [4.69, 9.17) is 5.73 Å². The fourth-order valence-corrected chi connectivity index (χ4v) is 2.93. The highest BCUT2D eigenvalue weighted by Gasteiger charge is 2.17. The molecule has 1 atom stereocenters. The zero-order valence-electron chi connectivity index (χ0n) is 11.3. The Hall–Kier alpha value is -0.410. The van der Waals surface area contributed by atoms with Crippen molar-refractivity contribution in [2.75, 3.05) is 0 Å². The maximum Gasteiger partial charge on any atom is 0.124 e. The average molecular weight is 316 g/mol. The zero-order valence-corrected chi connectivity index (χ0v) is 12.8. The minimum atomic E-state index is -0.210. The van der Waals surface area contributed by atoms with Gasteiger partial charge in [-0.1, -0.05) is 48.7 Å². The second-order valence-corrected chi connectivity index (χ2v) is 5.80. The van der Waals surface area contributed by atoms with Gasteiger partial charge in [0.05, 0.1) is 0 Å². The lowest BCUT2D eigenvalue weighted by molar-refractivity contribution is 0.359. The van der Waals surface area contributed by atoms with Gasteiger partial charge < -0.3 is 5.73 Å². The van der Waals surface area contributed by atoms with E-state index in [1.807, 2.05) is 6.07 Å². The van der Waals surface area contributed by atoms with Gasteiger partial charge in [-0.15, -0.1) is 0 Å². The van der Waals surface area contributed by atoms with Crippen molar-refractivity contribution in [1.82, 2.24) is 0 Å². The molecule has 18 heavy (non-hydrogen) atoms. The molecule has 0 aromatic heterocycles. The van der Waals surface area contributed by atoms with Gasteiger partial charge in [-0.25, -0.2) is 4.39 Å². The van der Waals surface area contributed by atoms with Crippen LogP contribution in [0.4, 0.5) is 4.39 Å². The van der Waals surface area contributed by atoms with Crippen molar-refractivity contribution in [3.63, 3.8) is 0 Å². The van der Waals surface area contributed by atoms with Gasteiger partial charge >= 0.3 is 0 Å². The number of halogens is 2. The Morgan fingerprint density at radius 2 is 1.83 bits per heavy atom. The molecule has 0 fully saturated rings. The summed E-state index contributed by atoms with van der Waals surface area (Å²) in [6.45, 7) is 4.40. The number of rotatable bonds is 7. The van der Waals surface area contributed by atoms with E-state index < -0.39 is 0 Å². The molecule has 1 rings (SSSR count). The van der Waals surface area contributed by atoms with Crippen LogP contribution in [0.2, 0.25) is 0 Å². The molecule has 2 N–H and O–H groups in total. The van der Waals surface area contributed by atoms with Crippen LogP contribution in [-0.2, 0) is 6.42 Å². The summed E-state index contributed by atoms with van der Waals surface area (Å²) < 4.78 is 13.8. The minimum Gasteiger partial charge on any atom is -0.327 e. The number of hydrogen-bond acceptors (Lipinski definition) is 1. The third kappa shape index (κ3) is 4.69. The molecule has 0 bridgehead atoms. The van der Waals surface area contributed by atoms with Crippen LogP contribution >= 0.6 is 15.9 Å². The fourth-order valence-electron chi connectivity index (χ4n) is 2.42. The molecule has 3 heteroatoms. The highest BCUT2D eigenvalue weighted by molar-refractivity contribution is 9.10. The van der Waals surface area contributed by atoms with Crippen LogP contribution in [0.25, 0.3) is 0 Å². The Morgan fingerprint density at radius 3 is 2.33 bits per heavy atom. The lowest BCUT2D eigenvalue weighted by atomic mass is 9.87. The summed E-state index contributed by atoms with van der Waals surface area (Å²) in [5, 5.41) is 0. The third-order valence-electron chi connectivity index (χ3n) is 3.40. The first kappa shape index (κ1) is 15.6. The largest absolute Gasteiger partial charge is 0.327 e. The Morgan fingerprint density at radius 1 is 1.22 bits per heavy atom. The first-order valence-corrected chi connectivity index (χ1v) is 7.57. The van der Waals surface area contributed by atoms with Crippen molar-refractivity contribution < 1.29 is 4.39 Å². The van der Waals surface area contributed by atoms with Crippen LogP contribution in [0.5, 0.6) is 0 Å². The minimum absolute atomic E-state index is 0.159. The molecule has 0 saturated carbocycles. The average Bonchev–Trinajstić information content (AvgIpc) is 2.32. The Balaban J connectivity index is 2.69. The molecule has 1 aromatic rings. The third-order valence-corrected chi connectivity index (χ3v) is 4.13. The molecule has 0 spiro atoms.